The van der Waals surface area contributed by atoms with Crippen LogP contribution in [0.15, 0.2) is 4.99 Å². The Hall–Kier alpha value is -0.330. The van der Waals surface area contributed by atoms with Gasteiger partial charge in [0.15, 0.2) is 0 Å². The smallest absolute Gasteiger partial charge is 0.0495 e. The van der Waals surface area contributed by atoms with Crippen LogP contribution in [-0.4, -0.2) is 12.8 Å². The van der Waals surface area contributed by atoms with E-state index < -0.39 is 0 Å². The first-order valence-corrected chi connectivity index (χ1v) is 12.5. The van der Waals surface area contributed by atoms with Crippen molar-refractivity contribution in [3.05, 3.63) is 0 Å². The maximum Gasteiger partial charge on any atom is 0.0495 e. The molecule has 0 aromatic heterocycles. The minimum atomic E-state index is 0.584. The van der Waals surface area contributed by atoms with Crippen LogP contribution in [0.4, 0.5) is 0 Å². The van der Waals surface area contributed by atoms with E-state index in [-0.39, 0.29) is 0 Å². The number of aliphatic imine (C=N–C) groups is 1. The van der Waals surface area contributed by atoms with E-state index in [1.807, 2.05) is 0 Å². The molecule has 27 heavy (non-hydrogen) atoms. The minimum Gasteiger partial charge on any atom is -0.298 e. The lowest BCUT2D eigenvalue weighted by Crippen LogP contribution is -2.38. The summed E-state index contributed by atoms with van der Waals surface area (Å²) in [7, 11) is 0. The summed E-state index contributed by atoms with van der Waals surface area (Å²) in [5.41, 5.74) is 0.624. The van der Waals surface area contributed by atoms with Crippen molar-refractivity contribution in [1.82, 2.24) is 0 Å². The first kappa shape index (κ1) is 18.7. The van der Waals surface area contributed by atoms with Gasteiger partial charge in [-0.15, -0.1) is 0 Å². The molecule has 1 heteroatoms. The van der Waals surface area contributed by atoms with Gasteiger partial charge in [0.05, 0.1) is 0 Å². The van der Waals surface area contributed by atoms with E-state index in [0.29, 0.717) is 11.5 Å². The minimum absolute atomic E-state index is 0.584. The average Bonchev–Trinajstić information content (AvgIpc) is 2.94. The lowest BCUT2D eigenvalue weighted by Gasteiger charge is -2.47. The summed E-state index contributed by atoms with van der Waals surface area (Å²) in [6.07, 6.45) is 19.6. The Morgan fingerprint density at radius 3 is 2.00 bits per heavy atom. The van der Waals surface area contributed by atoms with Crippen molar-refractivity contribution in [3.63, 3.8) is 0 Å². The summed E-state index contributed by atoms with van der Waals surface area (Å²) >= 11 is 0. The Labute approximate surface area is 168 Å². The number of hydrogen-bond donors (Lipinski definition) is 0. The fraction of sp³-hybridized carbons (Fsp3) is 0.962. The molecule has 0 aromatic rings. The Balaban J connectivity index is 1.25. The quantitative estimate of drug-likeness (QED) is 0.458. The second-order valence-electron chi connectivity index (χ2n) is 12.0. The van der Waals surface area contributed by atoms with Crippen molar-refractivity contribution in [2.24, 2.45) is 57.8 Å². The summed E-state index contributed by atoms with van der Waals surface area (Å²) in [4.78, 5) is 4.39. The molecule has 5 rings (SSSR count). The van der Waals surface area contributed by atoms with Crippen LogP contribution in [0.25, 0.3) is 0 Å². The number of hydrogen-bond acceptors (Lipinski definition) is 1. The molecule has 5 fully saturated rings. The molecule has 0 radical (unpaired) electrons. The van der Waals surface area contributed by atoms with Crippen molar-refractivity contribution in [2.75, 3.05) is 0 Å². The molecule has 0 spiro atoms. The monoisotopic (exact) mass is 369 g/mol. The Morgan fingerprint density at radius 2 is 1.22 bits per heavy atom. The fourth-order valence-electron chi connectivity index (χ4n) is 9.39. The third kappa shape index (κ3) is 3.14. The third-order valence-electron chi connectivity index (χ3n) is 10.8. The summed E-state index contributed by atoms with van der Waals surface area (Å²) in [5.74, 6) is 8.40. The zero-order chi connectivity index (χ0) is 18.6. The lowest BCUT2D eigenvalue weighted by atomic mass is 9.59. The SMILES string of the molecule is C=NC1CCC2CC(C3CCC4C5CCCCC5C(C)(C)C4C3)CCC2C1. The predicted octanol–water partition coefficient (Wildman–Crippen LogP) is 7.15. The molecule has 1 nitrogen and oxygen atoms in total. The van der Waals surface area contributed by atoms with Crippen LogP contribution in [0.5, 0.6) is 0 Å². The highest BCUT2D eigenvalue weighted by atomic mass is 14.8. The second kappa shape index (κ2) is 7.17. The molecular weight excluding hydrogens is 326 g/mol. The summed E-state index contributed by atoms with van der Waals surface area (Å²) in [6.45, 7) is 9.18. The summed E-state index contributed by atoms with van der Waals surface area (Å²) in [5, 5.41) is 0. The normalized spacial score (nSPS) is 51.7. The summed E-state index contributed by atoms with van der Waals surface area (Å²) < 4.78 is 0. The molecule has 9 atom stereocenters. The van der Waals surface area contributed by atoms with Gasteiger partial charge in [0.1, 0.15) is 0 Å². The molecule has 0 N–H and O–H groups in total. The molecule has 0 aromatic carbocycles. The molecule has 5 aliphatic carbocycles. The van der Waals surface area contributed by atoms with Gasteiger partial charge in [-0.25, -0.2) is 0 Å². The van der Waals surface area contributed by atoms with Crippen LogP contribution < -0.4 is 0 Å². The second-order valence-corrected chi connectivity index (χ2v) is 12.0. The molecule has 0 aliphatic heterocycles. The molecule has 0 bridgehead atoms. The molecule has 0 heterocycles. The van der Waals surface area contributed by atoms with Gasteiger partial charge < -0.3 is 0 Å². The molecule has 5 saturated carbocycles. The molecule has 0 amide bonds. The van der Waals surface area contributed by atoms with Gasteiger partial charge in [-0.3, -0.25) is 4.99 Å². The highest BCUT2D eigenvalue weighted by molar-refractivity contribution is 5.24. The molecular formula is C26H43N. The van der Waals surface area contributed by atoms with Crippen LogP contribution in [0.1, 0.15) is 97.3 Å². The van der Waals surface area contributed by atoms with Crippen molar-refractivity contribution in [2.45, 2.75) is 103 Å². The maximum absolute atomic E-state index is 4.39. The van der Waals surface area contributed by atoms with Gasteiger partial charge in [-0.1, -0.05) is 26.7 Å². The number of fused-ring (bicyclic) bond motifs is 4. The van der Waals surface area contributed by atoms with Crippen molar-refractivity contribution in [3.8, 4) is 0 Å². The van der Waals surface area contributed by atoms with Crippen LogP contribution in [0, 0.1) is 52.8 Å². The average molecular weight is 370 g/mol. The van der Waals surface area contributed by atoms with Gasteiger partial charge in [0, 0.05) is 6.04 Å². The number of rotatable bonds is 2. The van der Waals surface area contributed by atoms with Gasteiger partial charge in [-0.05, 0) is 130 Å². The summed E-state index contributed by atoms with van der Waals surface area (Å²) in [6, 6.07) is 0.584. The van der Waals surface area contributed by atoms with Gasteiger partial charge in [0.25, 0.3) is 0 Å². The Morgan fingerprint density at radius 1 is 0.630 bits per heavy atom. The zero-order valence-electron chi connectivity index (χ0n) is 18.0. The van der Waals surface area contributed by atoms with Gasteiger partial charge in [-0.2, -0.15) is 0 Å². The van der Waals surface area contributed by atoms with E-state index in [9.17, 15) is 0 Å². The van der Waals surface area contributed by atoms with Crippen molar-refractivity contribution < 1.29 is 0 Å². The van der Waals surface area contributed by atoms with Crippen LogP contribution in [0.3, 0.4) is 0 Å². The molecule has 152 valence electrons. The molecule has 9 unspecified atom stereocenters. The Bertz CT molecular complexity index is 550. The third-order valence-corrected chi connectivity index (χ3v) is 10.8. The molecule has 0 saturated heterocycles. The van der Waals surface area contributed by atoms with E-state index >= 15 is 0 Å². The Kier molecular flexibility index (Phi) is 4.96. The first-order chi connectivity index (χ1) is 13.1. The van der Waals surface area contributed by atoms with Crippen LogP contribution >= 0.6 is 0 Å². The van der Waals surface area contributed by atoms with Gasteiger partial charge >= 0.3 is 0 Å². The van der Waals surface area contributed by atoms with E-state index in [4.69, 9.17) is 0 Å². The first-order valence-electron chi connectivity index (χ1n) is 12.5. The van der Waals surface area contributed by atoms with E-state index in [2.05, 4.69) is 25.6 Å². The topological polar surface area (TPSA) is 12.4 Å². The van der Waals surface area contributed by atoms with Crippen LogP contribution in [-0.2, 0) is 0 Å². The highest BCUT2D eigenvalue weighted by Crippen LogP contribution is 2.64. The van der Waals surface area contributed by atoms with E-state index in [1.165, 1.54) is 44.9 Å². The zero-order valence-corrected chi connectivity index (χ0v) is 18.0. The predicted molar refractivity (Wildman–Crippen MR) is 115 cm³/mol. The maximum atomic E-state index is 4.39. The number of nitrogens with zero attached hydrogens (tertiary/aromatic N) is 1. The standard InChI is InChI=1S/C26H43N/c1-26(2)24-7-5-4-6-22(24)23-13-11-20(16-25(23)26)17-8-9-19-15-21(27-3)12-10-18(19)14-17/h17-25H,3-16H2,1-2H3. The van der Waals surface area contributed by atoms with Gasteiger partial charge in [0.2, 0.25) is 0 Å². The largest absolute Gasteiger partial charge is 0.298 e. The van der Waals surface area contributed by atoms with E-state index in [0.717, 1.165) is 47.3 Å². The fourth-order valence-corrected chi connectivity index (χ4v) is 9.39. The highest BCUT2D eigenvalue weighted by Gasteiger charge is 2.57. The van der Waals surface area contributed by atoms with Crippen LogP contribution in [0.2, 0.25) is 0 Å². The van der Waals surface area contributed by atoms with E-state index in [1.54, 1.807) is 38.5 Å². The molecule has 5 aliphatic rings. The lowest BCUT2D eigenvalue weighted by molar-refractivity contribution is 0.0363. The van der Waals surface area contributed by atoms with Crippen molar-refractivity contribution in [1.29, 1.82) is 0 Å². The van der Waals surface area contributed by atoms with Crippen molar-refractivity contribution >= 4 is 6.72 Å².